The minimum Gasteiger partial charge on any atom is -0.338 e. The van der Waals surface area contributed by atoms with Gasteiger partial charge in [-0.2, -0.15) is 0 Å². The Morgan fingerprint density at radius 3 is 3.16 bits per heavy atom. The molecule has 0 radical (unpaired) electrons. The van der Waals surface area contributed by atoms with Crippen LogP contribution in [0.15, 0.2) is 36.1 Å². The molecule has 2 aromatic rings. The molecule has 2 aromatic heterocycles. The second kappa shape index (κ2) is 5.48. The molecule has 0 spiro atoms. The maximum atomic E-state index is 12.3. The van der Waals surface area contributed by atoms with Gasteiger partial charge < -0.3 is 4.90 Å². The summed E-state index contributed by atoms with van der Waals surface area (Å²) in [5, 5.41) is 3.17. The zero-order valence-corrected chi connectivity index (χ0v) is 11.3. The van der Waals surface area contributed by atoms with Gasteiger partial charge in [0.05, 0.1) is 10.6 Å². The molecule has 5 heteroatoms. The lowest BCUT2D eigenvalue weighted by atomic mass is 10.1. The predicted molar refractivity (Wildman–Crippen MR) is 74.1 cm³/mol. The third-order valence-corrected chi connectivity index (χ3v) is 4.23. The lowest BCUT2D eigenvalue weighted by Crippen LogP contribution is -2.29. The maximum absolute atomic E-state index is 12.3. The molecule has 1 atom stereocenters. The van der Waals surface area contributed by atoms with Crippen molar-refractivity contribution in [2.45, 2.75) is 12.8 Å². The molecule has 1 amide bonds. The van der Waals surface area contributed by atoms with Gasteiger partial charge in [-0.25, -0.2) is 4.98 Å². The van der Waals surface area contributed by atoms with Crippen LogP contribution < -0.4 is 0 Å². The number of hydrogen-bond acceptors (Lipinski definition) is 4. The van der Waals surface area contributed by atoms with E-state index in [-0.39, 0.29) is 5.91 Å². The zero-order valence-electron chi connectivity index (χ0n) is 10.5. The molecule has 3 heterocycles. The molecule has 0 aromatic carbocycles. The van der Waals surface area contributed by atoms with Crippen molar-refractivity contribution in [1.82, 2.24) is 14.9 Å². The van der Waals surface area contributed by atoms with Gasteiger partial charge in [0.1, 0.15) is 0 Å². The van der Waals surface area contributed by atoms with Gasteiger partial charge >= 0.3 is 0 Å². The van der Waals surface area contributed by atoms with Crippen LogP contribution >= 0.6 is 11.3 Å². The Morgan fingerprint density at radius 2 is 2.42 bits per heavy atom. The summed E-state index contributed by atoms with van der Waals surface area (Å²) >= 11 is 1.69. The summed E-state index contributed by atoms with van der Waals surface area (Å²) in [4.78, 5) is 22.5. The van der Waals surface area contributed by atoms with Crippen LogP contribution in [0.5, 0.6) is 0 Å². The Kier molecular flexibility index (Phi) is 3.55. The fraction of sp³-hybridized carbons (Fsp3) is 0.357. The minimum absolute atomic E-state index is 0.0924. The number of hydrogen-bond donors (Lipinski definition) is 0. The molecule has 1 saturated heterocycles. The van der Waals surface area contributed by atoms with E-state index in [4.69, 9.17) is 0 Å². The van der Waals surface area contributed by atoms with Gasteiger partial charge in [-0.15, -0.1) is 11.3 Å². The van der Waals surface area contributed by atoms with Crippen LogP contribution in [0.25, 0.3) is 0 Å². The smallest absolute Gasteiger partial charge is 0.255 e. The van der Waals surface area contributed by atoms with Crippen LogP contribution in [0.1, 0.15) is 21.8 Å². The summed E-state index contributed by atoms with van der Waals surface area (Å²) in [6, 6.07) is 3.62. The quantitative estimate of drug-likeness (QED) is 0.861. The first-order valence-electron chi connectivity index (χ1n) is 6.40. The van der Waals surface area contributed by atoms with E-state index in [0.717, 1.165) is 25.9 Å². The van der Waals surface area contributed by atoms with E-state index in [1.807, 2.05) is 22.5 Å². The lowest BCUT2D eigenvalue weighted by molar-refractivity contribution is 0.0786. The molecule has 0 saturated carbocycles. The highest BCUT2D eigenvalue weighted by molar-refractivity contribution is 7.09. The fourth-order valence-electron chi connectivity index (χ4n) is 2.46. The van der Waals surface area contributed by atoms with Crippen LogP contribution in [0.2, 0.25) is 0 Å². The molecular weight excluding hydrogens is 258 g/mol. The van der Waals surface area contributed by atoms with Gasteiger partial charge in [-0.3, -0.25) is 9.78 Å². The normalized spacial score (nSPS) is 18.7. The van der Waals surface area contributed by atoms with Crippen LogP contribution in [-0.4, -0.2) is 33.9 Å². The summed E-state index contributed by atoms with van der Waals surface area (Å²) in [5.41, 5.74) is 0.678. The summed E-state index contributed by atoms with van der Waals surface area (Å²) in [5.74, 6) is 0.626. The van der Waals surface area contributed by atoms with Crippen molar-refractivity contribution >= 4 is 17.2 Å². The zero-order chi connectivity index (χ0) is 13.1. The highest BCUT2D eigenvalue weighted by atomic mass is 32.1. The number of carbonyl (C=O) groups is 1. The van der Waals surface area contributed by atoms with E-state index in [2.05, 4.69) is 9.97 Å². The van der Waals surface area contributed by atoms with Gasteiger partial charge in [0.2, 0.25) is 0 Å². The van der Waals surface area contributed by atoms with Crippen molar-refractivity contribution in [3.05, 3.63) is 46.7 Å². The van der Waals surface area contributed by atoms with Gasteiger partial charge in [0.25, 0.3) is 5.91 Å². The predicted octanol–water partition coefficient (Wildman–Crippen LogP) is 2.24. The van der Waals surface area contributed by atoms with E-state index in [9.17, 15) is 4.79 Å². The molecule has 1 fully saturated rings. The van der Waals surface area contributed by atoms with Crippen molar-refractivity contribution < 1.29 is 4.79 Å². The average molecular weight is 273 g/mol. The van der Waals surface area contributed by atoms with Crippen LogP contribution in [0.3, 0.4) is 0 Å². The van der Waals surface area contributed by atoms with Crippen LogP contribution in [-0.2, 0) is 6.42 Å². The Morgan fingerprint density at radius 1 is 1.47 bits per heavy atom. The summed E-state index contributed by atoms with van der Waals surface area (Å²) in [7, 11) is 0. The highest BCUT2D eigenvalue weighted by Gasteiger charge is 2.27. The van der Waals surface area contributed by atoms with Gasteiger partial charge in [-0.1, -0.05) is 0 Å². The highest BCUT2D eigenvalue weighted by Crippen LogP contribution is 2.23. The van der Waals surface area contributed by atoms with Crippen molar-refractivity contribution in [1.29, 1.82) is 0 Å². The molecule has 0 bridgehead atoms. The van der Waals surface area contributed by atoms with Gasteiger partial charge in [-0.05, 0) is 24.5 Å². The largest absolute Gasteiger partial charge is 0.338 e. The Hall–Kier alpha value is -1.75. The van der Waals surface area contributed by atoms with E-state index < -0.39 is 0 Å². The second-order valence-corrected chi connectivity index (χ2v) is 5.76. The summed E-state index contributed by atoms with van der Waals surface area (Å²) in [6.07, 6.45) is 7.20. The standard InChI is InChI=1S/C14H15N3OS/c18-14(12-2-1-4-15-9-12)17-6-3-11(10-17)8-13-16-5-7-19-13/h1-2,4-5,7,9,11H,3,6,8,10H2/t11-/m0/s1. The Bertz CT molecular complexity index is 541. The van der Waals surface area contributed by atoms with Gasteiger partial charge in [0.15, 0.2) is 0 Å². The number of aromatic nitrogens is 2. The summed E-state index contributed by atoms with van der Waals surface area (Å²) in [6.45, 7) is 1.66. The molecule has 19 heavy (non-hydrogen) atoms. The average Bonchev–Trinajstić information content (AvgIpc) is 3.11. The number of pyridine rings is 1. The first-order valence-corrected chi connectivity index (χ1v) is 7.28. The first-order chi connectivity index (χ1) is 9.33. The summed E-state index contributed by atoms with van der Waals surface area (Å²) < 4.78 is 0. The van der Waals surface area contributed by atoms with E-state index in [0.29, 0.717) is 11.5 Å². The van der Waals surface area contributed by atoms with Crippen molar-refractivity contribution in [3.8, 4) is 0 Å². The number of nitrogens with zero attached hydrogens (tertiary/aromatic N) is 3. The molecule has 98 valence electrons. The number of likely N-dealkylation sites (tertiary alicyclic amines) is 1. The Balaban J connectivity index is 1.61. The third-order valence-electron chi connectivity index (χ3n) is 3.43. The molecule has 0 N–H and O–H groups in total. The molecule has 3 rings (SSSR count). The molecule has 1 aliphatic heterocycles. The number of thiazole rings is 1. The van der Waals surface area contributed by atoms with Crippen LogP contribution in [0, 0.1) is 5.92 Å². The van der Waals surface area contributed by atoms with Gasteiger partial charge in [0, 0.05) is 43.5 Å². The van der Waals surface area contributed by atoms with Crippen LogP contribution in [0.4, 0.5) is 0 Å². The number of amides is 1. The lowest BCUT2D eigenvalue weighted by Gasteiger charge is -2.16. The fourth-order valence-corrected chi connectivity index (χ4v) is 3.19. The van der Waals surface area contributed by atoms with E-state index >= 15 is 0 Å². The third kappa shape index (κ3) is 2.81. The molecule has 0 aliphatic carbocycles. The molecule has 0 unspecified atom stereocenters. The topological polar surface area (TPSA) is 46.1 Å². The van der Waals surface area contributed by atoms with E-state index in [1.54, 1.807) is 29.8 Å². The SMILES string of the molecule is O=C(c1cccnc1)N1CC[C@@H](Cc2nccs2)C1. The maximum Gasteiger partial charge on any atom is 0.255 e. The Labute approximate surface area is 116 Å². The number of carbonyl (C=O) groups excluding carboxylic acids is 1. The minimum atomic E-state index is 0.0924. The van der Waals surface area contributed by atoms with Crippen molar-refractivity contribution in [2.75, 3.05) is 13.1 Å². The number of rotatable bonds is 3. The monoisotopic (exact) mass is 273 g/mol. The van der Waals surface area contributed by atoms with Crippen molar-refractivity contribution in [2.24, 2.45) is 5.92 Å². The molecule has 4 nitrogen and oxygen atoms in total. The second-order valence-electron chi connectivity index (χ2n) is 4.78. The molecule has 1 aliphatic rings. The molecular formula is C14H15N3OS. The first kappa shape index (κ1) is 12.3. The van der Waals surface area contributed by atoms with Crippen molar-refractivity contribution in [3.63, 3.8) is 0 Å². The van der Waals surface area contributed by atoms with E-state index in [1.165, 1.54) is 5.01 Å².